The largest absolute Gasteiger partial charge is 0.495 e. The Morgan fingerprint density at radius 2 is 1.74 bits per heavy atom. The molecule has 0 saturated heterocycles. The van der Waals surface area contributed by atoms with Gasteiger partial charge in [-0.1, -0.05) is 30.1 Å². The molecular weight excluding hydrogens is 587 g/mol. The number of pyridine rings is 1. The van der Waals surface area contributed by atoms with Crippen LogP contribution in [0.2, 0.25) is 10.0 Å². The fourth-order valence-electron chi connectivity index (χ4n) is 4.50. The normalized spacial score (nSPS) is 11.9. The summed E-state index contributed by atoms with van der Waals surface area (Å²) >= 11 is 13.1. The summed E-state index contributed by atoms with van der Waals surface area (Å²) < 4.78 is 16.3. The lowest BCUT2D eigenvalue weighted by Crippen LogP contribution is -2.21. The van der Waals surface area contributed by atoms with Crippen LogP contribution in [-0.4, -0.2) is 73.3 Å². The average molecular weight is 617 g/mol. The Kier molecular flexibility index (Phi) is 9.40. The number of nitrogens with one attached hydrogen (secondary N) is 2. The molecule has 42 heavy (non-hydrogen) atoms. The van der Waals surface area contributed by atoms with Crippen LogP contribution in [0.3, 0.4) is 0 Å². The van der Waals surface area contributed by atoms with Gasteiger partial charge in [0.1, 0.15) is 28.7 Å². The number of rotatable bonds is 11. The number of non-ortho nitro benzene ring substituents is 1. The minimum Gasteiger partial charge on any atom is -0.495 e. The number of likely N-dealkylation sites (N-methyl/N-ethyl adjacent to an activating group) is 1. The molecular formula is C28H30Cl2N6O6. The predicted molar refractivity (Wildman–Crippen MR) is 163 cm³/mol. The average Bonchev–Trinajstić information content (AvgIpc) is 2.96. The fourth-order valence-corrected chi connectivity index (χ4v) is 5.20. The van der Waals surface area contributed by atoms with E-state index in [1.807, 2.05) is 19.0 Å². The van der Waals surface area contributed by atoms with E-state index in [2.05, 4.69) is 20.3 Å². The number of methoxy groups -OCH3 is 3. The SMILES string of the molecule is COc1cc(OC)c(Cl)c(-c2cc3cnc(C(C)c4cc([N+](=O)[O-])cc(NCCN(C)C)c4OC)nc3[nH]c2=O)c1Cl. The number of halogens is 2. The zero-order valence-corrected chi connectivity index (χ0v) is 25.4. The van der Waals surface area contributed by atoms with E-state index in [9.17, 15) is 14.9 Å². The van der Waals surface area contributed by atoms with Crippen molar-refractivity contribution in [2.75, 3.05) is 53.8 Å². The van der Waals surface area contributed by atoms with E-state index < -0.39 is 16.4 Å². The summed E-state index contributed by atoms with van der Waals surface area (Å²) in [6.07, 6.45) is 1.55. The van der Waals surface area contributed by atoms with Gasteiger partial charge < -0.3 is 29.4 Å². The summed E-state index contributed by atoms with van der Waals surface area (Å²) in [5, 5.41) is 15.8. The molecule has 0 saturated carbocycles. The molecule has 1 atom stereocenters. The van der Waals surface area contributed by atoms with Crippen LogP contribution >= 0.6 is 23.2 Å². The summed E-state index contributed by atoms with van der Waals surface area (Å²) in [7, 11) is 8.25. The van der Waals surface area contributed by atoms with E-state index >= 15 is 0 Å². The van der Waals surface area contributed by atoms with Gasteiger partial charge >= 0.3 is 0 Å². The highest BCUT2D eigenvalue weighted by molar-refractivity contribution is 6.41. The van der Waals surface area contributed by atoms with Crippen LogP contribution in [0.5, 0.6) is 17.2 Å². The minimum absolute atomic E-state index is 0.105. The number of benzene rings is 2. The number of nitrogens with zero attached hydrogens (tertiary/aromatic N) is 4. The second-order valence-electron chi connectivity index (χ2n) is 9.65. The van der Waals surface area contributed by atoms with Crippen LogP contribution in [0.15, 0.2) is 35.3 Å². The van der Waals surface area contributed by atoms with Crippen molar-refractivity contribution in [3.05, 3.63) is 72.4 Å². The summed E-state index contributed by atoms with van der Waals surface area (Å²) in [5.74, 6) is 0.802. The Morgan fingerprint density at radius 1 is 1.07 bits per heavy atom. The third-order valence-corrected chi connectivity index (χ3v) is 7.45. The van der Waals surface area contributed by atoms with Gasteiger partial charge in [0.2, 0.25) is 0 Å². The molecule has 2 heterocycles. The van der Waals surface area contributed by atoms with Crippen LogP contribution in [0.4, 0.5) is 11.4 Å². The van der Waals surface area contributed by atoms with Crippen molar-refractivity contribution in [1.29, 1.82) is 0 Å². The standard InChI is InChI=1S/C28H30Cl2N6O6/c1-14(17-10-16(36(38)39)11-19(25(17)42-6)31-7-8-35(2)3)26-32-13-15-9-18(28(37)34-27(15)33-26)22-23(29)20(40-4)12-21(41-5)24(22)30/h9-14,31H,7-8H2,1-6H3,(H,32,33,34,37). The van der Waals surface area contributed by atoms with E-state index in [1.165, 1.54) is 39.5 Å². The quantitative estimate of drug-likeness (QED) is 0.167. The molecule has 4 aromatic rings. The molecule has 0 fully saturated rings. The van der Waals surface area contributed by atoms with E-state index in [1.54, 1.807) is 19.2 Å². The Labute approximate surface area is 251 Å². The molecule has 0 aliphatic heterocycles. The third-order valence-electron chi connectivity index (χ3n) is 6.70. The molecule has 222 valence electrons. The fraction of sp³-hybridized carbons (Fsp3) is 0.321. The third kappa shape index (κ3) is 6.06. The Morgan fingerprint density at radius 3 is 2.31 bits per heavy atom. The lowest BCUT2D eigenvalue weighted by Gasteiger charge is -2.19. The molecule has 0 radical (unpaired) electrons. The van der Waals surface area contributed by atoms with E-state index in [4.69, 9.17) is 37.4 Å². The predicted octanol–water partition coefficient (Wildman–Crippen LogP) is 5.35. The smallest absolute Gasteiger partial charge is 0.272 e. The van der Waals surface area contributed by atoms with Crippen molar-refractivity contribution in [3.63, 3.8) is 0 Å². The number of anilines is 1. The summed E-state index contributed by atoms with van der Waals surface area (Å²) in [4.78, 5) is 38.5. The number of nitro benzene ring substituents is 1. The maximum absolute atomic E-state index is 13.3. The van der Waals surface area contributed by atoms with Crippen molar-refractivity contribution in [2.24, 2.45) is 0 Å². The first kappa shape index (κ1) is 30.8. The van der Waals surface area contributed by atoms with Gasteiger partial charge in [0.15, 0.2) is 0 Å². The summed E-state index contributed by atoms with van der Waals surface area (Å²) in [5.41, 5.74) is 1.07. The number of hydrogen-bond donors (Lipinski definition) is 2. The number of H-pyrrole nitrogens is 1. The van der Waals surface area contributed by atoms with E-state index in [0.29, 0.717) is 41.3 Å². The molecule has 0 aliphatic rings. The van der Waals surface area contributed by atoms with Gasteiger partial charge in [-0.25, -0.2) is 9.97 Å². The number of fused-ring (bicyclic) bond motifs is 1. The first-order chi connectivity index (χ1) is 20.0. The highest BCUT2D eigenvalue weighted by Crippen LogP contribution is 2.45. The molecule has 0 amide bonds. The van der Waals surface area contributed by atoms with Crippen molar-refractivity contribution >= 4 is 45.6 Å². The second kappa shape index (κ2) is 12.8. The molecule has 12 nitrogen and oxygen atoms in total. The van der Waals surface area contributed by atoms with Gasteiger partial charge in [0, 0.05) is 59.9 Å². The molecule has 2 aromatic heterocycles. The van der Waals surface area contributed by atoms with Crippen molar-refractivity contribution in [3.8, 4) is 28.4 Å². The maximum atomic E-state index is 13.3. The molecule has 0 bridgehead atoms. The minimum atomic E-state index is -0.534. The van der Waals surface area contributed by atoms with Gasteiger partial charge in [-0.15, -0.1) is 0 Å². The molecule has 14 heteroatoms. The Balaban J connectivity index is 1.80. The van der Waals surface area contributed by atoms with Crippen molar-refractivity contribution < 1.29 is 19.1 Å². The molecule has 2 N–H and O–H groups in total. The van der Waals surface area contributed by atoms with Gasteiger partial charge in [-0.2, -0.15) is 0 Å². The van der Waals surface area contributed by atoms with Crippen LogP contribution in [-0.2, 0) is 0 Å². The Bertz CT molecular complexity index is 1680. The topological polar surface area (TPSA) is 145 Å². The van der Waals surface area contributed by atoms with Gasteiger partial charge in [0.05, 0.1) is 47.5 Å². The highest BCUT2D eigenvalue weighted by Gasteiger charge is 2.25. The lowest BCUT2D eigenvalue weighted by molar-refractivity contribution is -0.384. The van der Waals surface area contributed by atoms with Gasteiger partial charge in [0.25, 0.3) is 11.2 Å². The lowest BCUT2D eigenvalue weighted by atomic mass is 9.97. The van der Waals surface area contributed by atoms with Crippen LogP contribution in [0.1, 0.15) is 24.2 Å². The van der Waals surface area contributed by atoms with Crippen LogP contribution < -0.4 is 25.1 Å². The maximum Gasteiger partial charge on any atom is 0.272 e. The second-order valence-corrected chi connectivity index (χ2v) is 10.4. The van der Waals surface area contributed by atoms with Crippen molar-refractivity contribution in [1.82, 2.24) is 19.9 Å². The Hall–Kier alpha value is -4.13. The molecule has 2 aromatic carbocycles. The monoisotopic (exact) mass is 616 g/mol. The molecule has 4 rings (SSSR count). The first-order valence-corrected chi connectivity index (χ1v) is 13.5. The molecule has 1 unspecified atom stereocenters. The van der Waals surface area contributed by atoms with Crippen LogP contribution in [0.25, 0.3) is 22.2 Å². The van der Waals surface area contributed by atoms with E-state index in [-0.39, 0.29) is 44.0 Å². The number of aromatic nitrogens is 3. The molecule has 0 spiro atoms. The van der Waals surface area contributed by atoms with Crippen LogP contribution in [0, 0.1) is 10.1 Å². The number of ether oxygens (including phenoxy) is 3. The highest BCUT2D eigenvalue weighted by atomic mass is 35.5. The van der Waals surface area contributed by atoms with Crippen molar-refractivity contribution in [2.45, 2.75) is 12.8 Å². The number of hydrogen-bond acceptors (Lipinski definition) is 10. The molecule has 0 aliphatic carbocycles. The van der Waals surface area contributed by atoms with E-state index in [0.717, 1.165) is 0 Å². The first-order valence-electron chi connectivity index (χ1n) is 12.8. The van der Waals surface area contributed by atoms with Gasteiger partial charge in [-0.3, -0.25) is 14.9 Å². The summed E-state index contributed by atoms with van der Waals surface area (Å²) in [6, 6.07) is 6.00. The summed E-state index contributed by atoms with van der Waals surface area (Å²) in [6.45, 7) is 3.06. The zero-order valence-electron chi connectivity index (χ0n) is 23.9. The number of aromatic amines is 1. The van der Waals surface area contributed by atoms with Gasteiger partial charge in [-0.05, 0) is 20.2 Å². The number of nitro groups is 1. The zero-order chi connectivity index (χ0) is 30.7.